The van der Waals surface area contributed by atoms with Crippen molar-refractivity contribution >= 4 is 0 Å². The zero-order chi connectivity index (χ0) is 15.6. The molecule has 0 saturated heterocycles. The van der Waals surface area contributed by atoms with Gasteiger partial charge in [0.25, 0.3) is 5.56 Å². The number of hydrogen-bond acceptors (Lipinski definition) is 2. The minimum Gasteiger partial charge on any atom is -0.269 e. The number of aromatic nitrogens is 2. The Morgan fingerprint density at radius 1 is 0.826 bits per heavy atom. The molecule has 2 aromatic carbocycles. The van der Waals surface area contributed by atoms with E-state index in [1.807, 2.05) is 60.7 Å². The first kappa shape index (κ1) is 13.9. The molecule has 0 spiro atoms. The molecule has 0 N–H and O–H groups in total. The van der Waals surface area contributed by atoms with Crippen molar-refractivity contribution in [2.24, 2.45) is 0 Å². The SMILES string of the molecule is O=c1c2c(nc(-c3ccccc3)n1-c1ccccc1)CCCC2. The number of para-hydroxylation sites is 1. The zero-order valence-electron chi connectivity index (χ0n) is 12.9. The fourth-order valence-electron chi connectivity index (χ4n) is 3.25. The molecule has 23 heavy (non-hydrogen) atoms. The maximum atomic E-state index is 13.1. The standard InChI is InChI=1S/C20H18N2O/c23-20-17-13-7-8-14-18(17)21-19(15-9-3-1-4-10-15)22(20)16-11-5-2-6-12-16/h1-6,9-12H,7-8,13-14H2. The van der Waals surface area contributed by atoms with Gasteiger partial charge in [0.2, 0.25) is 0 Å². The molecule has 3 aromatic rings. The highest BCUT2D eigenvalue weighted by Gasteiger charge is 2.20. The molecule has 1 aromatic heterocycles. The van der Waals surface area contributed by atoms with Crippen LogP contribution in [0.3, 0.4) is 0 Å². The number of aryl methyl sites for hydroxylation is 1. The van der Waals surface area contributed by atoms with Crippen LogP contribution in [-0.2, 0) is 12.8 Å². The second-order valence-corrected chi connectivity index (χ2v) is 5.91. The predicted molar refractivity (Wildman–Crippen MR) is 91.9 cm³/mol. The third kappa shape index (κ3) is 2.48. The van der Waals surface area contributed by atoms with Gasteiger partial charge in [-0.25, -0.2) is 4.98 Å². The summed E-state index contributed by atoms with van der Waals surface area (Å²) in [6, 6.07) is 19.8. The summed E-state index contributed by atoms with van der Waals surface area (Å²) in [5.41, 5.74) is 3.80. The summed E-state index contributed by atoms with van der Waals surface area (Å²) >= 11 is 0. The van der Waals surface area contributed by atoms with Crippen molar-refractivity contribution in [3.8, 4) is 17.1 Å². The molecular weight excluding hydrogens is 284 g/mol. The molecule has 1 aliphatic rings. The summed E-state index contributed by atoms with van der Waals surface area (Å²) in [7, 11) is 0. The molecular formula is C20H18N2O. The van der Waals surface area contributed by atoms with E-state index < -0.39 is 0 Å². The molecule has 0 radical (unpaired) electrons. The Hall–Kier alpha value is -2.68. The largest absolute Gasteiger partial charge is 0.269 e. The Balaban J connectivity index is 2.04. The first-order valence-corrected chi connectivity index (χ1v) is 8.10. The lowest BCUT2D eigenvalue weighted by atomic mass is 9.96. The van der Waals surface area contributed by atoms with E-state index >= 15 is 0 Å². The summed E-state index contributed by atoms with van der Waals surface area (Å²) in [6.07, 6.45) is 3.93. The highest BCUT2D eigenvalue weighted by molar-refractivity contribution is 5.59. The average Bonchev–Trinajstić information content (AvgIpc) is 2.63. The molecule has 3 nitrogen and oxygen atoms in total. The molecule has 4 rings (SSSR count). The molecule has 0 atom stereocenters. The first-order chi connectivity index (χ1) is 11.3. The van der Waals surface area contributed by atoms with Crippen molar-refractivity contribution in [1.82, 2.24) is 9.55 Å². The van der Waals surface area contributed by atoms with E-state index in [2.05, 4.69) is 0 Å². The van der Waals surface area contributed by atoms with Gasteiger partial charge in [-0.15, -0.1) is 0 Å². The summed E-state index contributed by atoms with van der Waals surface area (Å²) in [6.45, 7) is 0. The van der Waals surface area contributed by atoms with Crippen LogP contribution in [0.5, 0.6) is 0 Å². The molecule has 0 fully saturated rings. The molecule has 0 amide bonds. The smallest absolute Gasteiger partial charge is 0.261 e. The molecule has 0 saturated carbocycles. The van der Waals surface area contributed by atoms with Crippen LogP contribution in [0, 0.1) is 0 Å². The van der Waals surface area contributed by atoms with E-state index in [-0.39, 0.29) is 5.56 Å². The van der Waals surface area contributed by atoms with Gasteiger partial charge in [-0.1, -0.05) is 48.5 Å². The summed E-state index contributed by atoms with van der Waals surface area (Å²) in [5, 5.41) is 0. The third-order valence-electron chi connectivity index (χ3n) is 4.40. The number of rotatable bonds is 2. The van der Waals surface area contributed by atoms with Crippen LogP contribution in [0.15, 0.2) is 65.5 Å². The van der Waals surface area contributed by atoms with E-state index in [4.69, 9.17) is 4.98 Å². The Labute approximate surface area is 135 Å². The maximum Gasteiger partial charge on any atom is 0.261 e. The van der Waals surface area contributed by atoms with Crippen LogP contribution in [-0.4, -0.2) is 9.55 Å². The third-order valence-corrected chi connectivity index (χ3v) is 4.40. The van der Waals surface area contributed by atoms with Gasteiger partial charge < -0.3 is 0 Å². The summed E-state index contributed by atoms with van der Waals surface area (Å²) in [4.78, 5) is 18.0. The predicted octanol–water partition coefficient (Wildman–Crippen LogP) is 3.78. The van der Waals surface area contributed by atoms with Gasteiger partial charge >= 0.3 is 0 Å². The normalized spacial score (nSPS) is 13.6. The Bertz CT molecular complexity index is 883. The second kappa shape index (κ2) is 5.84. The Morgan fingerprint density at radius 2 is 1.48 bits per heavy atom. The number of hydrogen-bond donors (Lipinski definition) is 0. The van der Waals surface area contributed by atoms with Crippen molar-refractivity contribution in [1.29, 1.82) is 0 Å². The van der Waals surface area contributed by atoms with Crippen LogP contribution in [0.1, 0.15) is 24.1 Å². The van der Waals surface area contributed by atoms with Crippen LogP contribution < -0.4 is 5.56 Å². The van der Waals surface area contributed by atoms with Crippen molar-refractivity contribution in [2.75, 3.05) is 0 Å². The van der Waals surface area contributed by atoms with E-state index in [1.165, 1.54) is 0 Å². The Kier molecular flexibility index (Phi) is 3.54. The van der Waals surface area contributed by atoms with Crippen LogP contribution in [0.2, 0.25) is 0 Å². The summed E-state index contributed by atoms with van der Waals surface area (Å²) in [5.74, 6) is 0.738. The van der Waals surface area contributed by atoms with Crippen molar-refractivity contribution in [3.63, 3.8) is 0 Å². The lowest BCUT2D eigenvalue weighted by molar-refractivity contribution is 0.649. The van der Waals surface area contributed by atoms with E-state index in [0.29, 0.717) is 0 Å². The lowest BCUT2D eigenvalue weighted by Crippen LogP contribution is -2.29. The number of nitrogens with zero attached hydrogens (tertiary/aromatic N) is 2. The van der Waals surface area contributed by atoms with Crippen LogP contribution in [0.4, 0.5) is 0 Å². The highest BCUT2D eigenvalue weighted by Crippen LogP contribution is 2.24. The maximum absolute atomic E-state index is 13.1. The number of benzene rings is 2. The monoisotopic (exact) mass is 302 g/mol. The van der Waals surface area contributed by atoms with Gasteiger partial charge in [-0.3, -0.25) is 9.36 Å². The van der Waals surface area contributed by atoms with Crippen molar-refractivity contribution in [2.45, 2.75) is 25.7 Å². The van der Waals surface area contributed by atoms with Gasteiger partial charge in [0.05, 0.1) is 11.4 Å². The fourth-order valence-corrected chi connectivity index (χ4v) is 3.25. The van der Waals surface area contributed by atoms with Gasteiger partial charge in [0, 0.05) is 11.1 Å². The van der Waals surface area contributed by atoms with E-state index in [1.54, 1.807) is 4.57 Å². The molecule has 1 heterocycles. The quantitative estimate of drug-likeness (QED) is 0.722. The number of fused-ring (bicyclic) bond motifs is 1. The average molecular weight is 302 g/mol. The van der Waals surface area contributed by atoms with Crippen molar-refractivity contribution in [3.05, 3.63) is 82.3 Å². The second-order valence-electron chi connectivity index (χ2n) is 5.91. The highest BCUT2D eigenvalue weighted by atomic mass is 16.1. The Morgan fingerprint density at radius 3 is 2.22 bits per heavy atom. The minimum absolute atomic E-state index is 0.0831. The molecule has 114 valence electrons. The fraction of sp³-hybridized carbons (Fsp3) is 0.200. The molecule has 0 unspecified atom stereocenters. The molecule has 0 bridgehead atoms. The van der Waals surface area contributed by atoms with Crippen LogP contribution in [0.25, 0.3) is 17.1 Å². The van der Waals surface area contributed by atoms with Gasteiger partial charge in [0.1, 0.15) is 5.82 Å². The molecule has 1 aliphatic carbocycles. The van der Waals surface area contributed by atoms with Gasteiger partial charge in [0.15, 0.2) is 0 Å². The van der Waals surface area contributed by atoms with E-state index in [0.717, 1.165) is 54.0 Å². The van der Waals surface area contributed by atoms with E-state index in [9.17, 15) is 4.79 Å². The minimum atomic E-state index is 0.0831. The van der Waals surface area contributed by atoms with Crippen molar-refractivity contribution < 1.29 is 0 Å². The summed E-state index contributed by atoms with van der Waals surface area (Å²) < 4.78 is 1.76. The van der Waals surface area contributed by atoms with Gasteiger partial charge in [-0.2, -0.15) is 0 Å². The topological polar surface area (TPSA) is 34.9 Å². The first-order valence-electron chi connectivity index (χ1n) is 8.10. The van der Waals surface area contributed by atoms with Gasteiger partial charge in [-0.05, 0) is 37.8 Å². The molecule has 3 heteroatoms. The zero-order valence-corrected chi connectivity index (χ0v) is 12.9. The lowest BCUT2D eigenvalue weighted by Gasteiger charge is -2.20. The molecule has 0 aliphatic heterocycles. The van der Waals surface area contributed by atoms with Crippen LogP contribution >= 0.6 is 0 Å².